The van der Waals surface area contributed by atoms with Crippen molar-refractivity contribution in [2.75, 3.05) is 6.54 Å². The summed E-state index contributed by atoms with van der Waals surface area (Å²) in [6.07, 6.45) is 5.78. The molecule has 0 heterocycles. The van der Waals surface area contributed by atoms with E-state index in [0.29, 0.717) is 13.0 Å². The summed E-state index contributed by atoms with van der Waals surface area (Å²) in [7, 11) is 0. The van der Waals surface area contributed by atoms with Crippen molar-refractivity contribution < 1.29 is 6.22 Å². The SMILES string of the molecule is C=C/C=C(\C=C)CNC=O.[HH]. The van der Waals surface area contributed by atoms with Gasteiger partial charge in [-0.05, 0) is 5.57 Å². The summed E-state index contributed by atoms with van der Waals surface area (Å²) in [6.45, 7) is 7.59. The number of amides is 1. The summed E-state index contributed by atoms with van der Waals surface area (Å²) >= 11 is 0. The molecule has 0 aromatic carbocycles. The molecule has 0 rings (SSSR count). The van der Waals surface area contributed by atoms with Gasteiger partial charge in [0.25, 0.3) is 0 Å². The third kappa shape index (κ3) is 3.66. The van der Waals surface area contributed by atoms with E-state index in [2.05, 4.69) is 18.5 Å². The quantitative estimate of drug-likeness (QED) is 0.451. The van der Waals surface area contributed by atoms with E-state index in [9.17, 15) is 4.79 Å². The second kappa shape index (κ2) is 5.82. The van der Waals surface area contributed by atoms with Crippen LogP contribution in [0.25, 0.3) is 0 Å². The molecule has 2 heteroatoms. The minimum Gasteiger partial charge on any atom is -0.355 e. The fourth-order valence-corrected chi connectivity index (χ4v) is 0.510. The molecule has 1 N–H and O–H groups in total. The summed E-state index contributed by atoms with van der Waals surface area (Å²) < 4.78 is 0. The fraction of sp³-hybridized carbons (Fsp3) is 0.125. The molecule has 0 unspecified atom stereocenters. The maximum absolute atomic E-state index is 9.83. The van der Waals surface area contributed by atoms with Gasteiger partial charge < -0.3 is 5.32 Å². The minimum atomic E-state index is 0. The number of hydrogen-bond acceptors (Lipinski definition) is 1. The zero-order chi connectivity index (χ0) is 7.82. The third-order valence-electron chi connectivity index (χ3n) is 0.984. The predicted octanol–water partition coefficient (Wildman–Crippen LogP) is 1.28. The molecule has 0 aromatic heterocycles. The molecule has 0 bridgehead atoms. The molecule has 0 saturated carbocycles. The van der Waals surface area contributed by atoms with Gasteiger partial charge in [0.15, 0.2) is 0 Å². The van der Waals surface area contributed by atoms with Crippen molar-refractivity contribution in [3.05, 3.63) is 37.0 Å². The van der Waals surface area contributed by atoms with Crippen molar-refractivity contribution in [2.45, 2.75) is 0 Å². The van der Waals surface area contributed by atoms with Gasteiger partial charge >= 0.3 is 0 Å². The number of carbonyl (C=O) groups is 1. The van der Waals surface area contributed by atoms with Crippen LogP contribution in [0.3, 0.4) is 0 Å². The molecule has 0 atom stereocenters. The van der Waals surface area contributed by atoms with E-state index in [0.717, 1.165) is 5.57 Å². The largest absolute Gasteiger partial charge is 0.355 e. The highest BCUT2D eigenvalue weighted by Crippen LogP contribution is 1.91. The number of allylic oxidation sites excluding steroid dienone is 2. The van der Waals surface area contributed by atoms with Crippen LogP contribution in [-0.2, 0) is 4.79 Å². The Morgan fingerprint density at radius 1 is 1.60 bits per heavy atom. The van der Waals surface area contributed by atoms with Gasteiger partial charge in [-0.1, -0.05) is 31.4 Å². The summed E-state index contributed by atoms with van der Waals surface area (Å²) in [5.74, 6) is 0. The lowest BCUT2D eigenvalue weighted by molar-refractivity contribution is -0.109. The van der Waals surface area contributed by atoms with Gasteiger partial charge in [-0.15, -0.1) is 0 Å². The maximum atomic E-state index is 9.83. The van der Waals surface area contributed by atoms with E-state index in [1.165, 1.54) is 0 Å². The van der Waals surface area contributed by atoms with Crippen LogP contribution in [0.4, 0.5) is 0 Å². The molecule has 0 spiro atoms. The first kappa shape index (κ1) is 8.69. The van der Waals surface area contributed by atoms with Crippen molar-refractivity contribution in [1.29, 1.82) is 0 Å². The van der Waals surface area contributed by atoms with Gasteiger partial charge in [-0.3, -0.25) is 4.79 Å². The number of nitrogens with one attached hydrogen (secondary N) is 1. The predicted molar refractivity (Wildman–Crippen MR) is 44.7 cm³/mol. The summed E-state index contributed by atoms with van der Waals surface area (Å²) in [5.41, 5.74) is 0.946. The maximum Gasteiger partial charge on any atom is 0.207 e. The standard InChI is InChI=1S/C8H11NO.H2/c1-3-5-8(4-2)6-9-7-10;/h3-5,7H,1-2,6H2,(H,9,10);1H/b8-5+;. The Balaban J connectivity index is 0. The Morgan fingerprint density at radius 3 is 2.70 bits per heavy atom. The smallest absolute Gasteiger partial charge is 0.207 e. The molecule has 10 heavy (non-hydrogen) atoms. The Bertz CT molecular complexity index is 163. The summed E-state index contributed by atoms with van der Waals surface area (Å²) in [4.78, 5) is 9.83. The summed E-state index contributed by atoms with van der Waals surface area (Å²) in [5, 5.41) is 2.52. The van der Waals surface area contributed by atoms with Crippen LogP contribution in [0.1, 0.15) is 1.43 Å². The Hall–Kier alpha value is -1.31. The number of hydrogen-bond donors (Lipinski definition) is 1. The second-order valence-corrected chi connectivity index (χ2v) is 1.68. The van der Waals surface area contributed by atoms with Gasteiger partial charge in [0.05, 0.1) is 0 Å². The molecule has 0 saturated heterocycles. The first-order valence-corrected chi connectivity index (χ1v) is 2.96. The lowest BCUT2D eigenvalue weighted by atomic mass is 10.2. The Morgan fingerprint density at radius 2 is 2.30 bits per heavy atom. The van der Waals surface area contributed by atoms with E-state index in [1.807, 2.05) is 0 Å². The molecule has 56 valence electrons. The molecule has 0 fully saturated rings. The van der Waals surface area contributed by atoms with E-state index < -0.39 is 0 Å². The average Bonchev–Trinajstić information content (AvgIpc) is 1.98. The van der Waals surface area contributed by atoms with Crippen LogP contribution in [0.15, 0.2) is 37.0 Å². The van der Waals surface area contributed by atoms with Gasteiger partial charge in [-0.25, -0.2) is 0 Å². The van der Waals surface area contributed by atoms with Crippen molar-refractivity contribution in [3.8, 4) is 0 Å². The highest BCUT2D eigenvalue weighted by atomic mass is 16.1. The molecule has 2 nitrogen and oxygen atoms in total. The van der Waals surface area contributed by atoms with Crippen molar-refractivity contribution in [3.63, 3.8) is 0 Å². The minimum absolute atomic E-state index is 0. The van der Waals surface area contributed by atoms with Crippen LogP contribution in [0, 0.1) is 0 Å². The molecule has 0 radical (unpaired) electrons. The van der Waals surface area contributed by atoms with Crippen LogP contribution in [-0.4, -0.2) is 13.0 Å². The molecular formula is C8H13NO. The highest BCUT2D eigenvalue weighted by Gasteiger charge is 1.85. The monoisotopic (exact) mass is 139 g/mol. The molecule has 1 amide bonds. The zero-order valence-electron chi connectivity index (χ0n) is 5.84. The van der Waals surface area contributed by atoms with E-state index >= 15 is 0 Å². The second-order valence-electron chi connectivity index (χ2n) is 1.68. The normalized spacial score (nSPS) is 10.2. The van der Waals surface area contributed by atoms with Gasteiger partial charge in [0, 0.05) is 7.97 Å². The van der Waals surface area contributed by atoms with Gasteiger partial charge in [0.2, 0.25) is 6.41 Å². The summed E-state index contributed by atoms with van der Waals surface area (Å²) in [6, 6.07) is 0. The molecule has 0 aliphatic rings. The topological polar surface area (TPSA) is 29.1 Å². The Labute approximate surface area is 62.4 Å². The van der Waals surface area contributed by atoms with Crippen LogP contribution in [0.5, 0.6) is 0 Å². The van der Waals surface area contributed by atoms with Gasteiger partial charge in [-0.2, -0.15) is 0 Å². The lowest BCUT2D eigenvalue weighted by Gasteiger charge is -1.96. The molecule has 0 aliphatic carbocycles. The lowest BCUT2D eigenvalue weighted by Crippen LogP contribution is -2.13. The van der Waals surface area contributed by atoms with Gasteiger partial charge in [0.1, 0.15) is 0 Å². The first-order chi connectivity index (χ1) is 4.85. The number of carbonyl (C=O) groups excluding carboxylic acids is 1. The third-order valence-corrected chi connectivity index (χ3v) is 0.984. The molecule has 0 aromatic rings. The number of rotatable bonds is 5. The zero-order valence-corrected chi connectivity index (χ0v) is 5.84. The average molecular weight is 139 g/mol. The van der Waals surface area contributed by atoms with Crippen LogP contribution >= 0.6 is 0 Å². The molecule has 0 aliphatic heterocycles. The van der Waals surface area contributed by atoms with E-state index in [-0.39, 0.29) is 1.43 Å². The highest BCUT2D eigenvalue weighted by molar-refractivity contribution is 5.47. The van der Waals surface area contributed by atoms with Crippen LogP contribution in [0.2, 0.25) is 0 Å². The van der Waals surface area contributed by atoms with Crippen molar-refractivity contribution >= 4 is 6.41 Å². The van der Waals surface area contributed by atoms with Crippen molar-refractivity contribution in [2.24, 2.45) is 0 Å². The fourth-order valence-electron chi connectivity index (χ4n) is 0.510. The van der Waals surface area contributed by atoms with Crippen molar-refractivity contribution in [1.82, 2.24) is 5.32 Å². The first-order valence-electron chi connectivity index (χ1n) is 2.96. The van der Waals surface area contributed by atoms with E-state index in [1.54, 1.807) is 18.2 Å². The van der Waals surface area contributed by atoms with Crippen LogP contribution < -0.4 is 5.32 Å². The Kier molecular flexibility index (Phi) is 5.06. The van der Waals surface area contributed by atoms with E-state index in [4.69, 9.17) is 0 Å². The molecular weight excluding hydrogens is 126 g/mol.